The number of carbonyl (C=O) groups is 1. The van der Waals surface area contributed by atoms with E-state index >= 15 is 0 Å². The smallest absolute Gasteiger partial charge is 0.234 e. The van der Waals surface area contributed by atoms with E-state index < -0.39 is 0 Å². The fraction of sp³-hybridized carbons (Fsp3) is 0.391. The van der Waals surface area contributed by atoms with E-state index in [9.17, 15) is 4.79 Å². The standard InChI is InChI=1S/C23H28N6O2S/c1-17(2)20(21(30)25-16-18-7-6-10-24-15-18)32-23-27-26-22(28-11-13-31-14-12-28)29(23)19-8-4-3-5-9-19/h3-10,15,17,20H,11-14,16H2,1-2H3,(H,25,30). The number of morpholine rings is 1. The van der Waals surface area contributed by atoms with E-state index in [0.29, 0.717) is 24.9 Å². The van der Waals surface area contributed by atoms with E-state index in [4.69, 9.17) is 4.74 Å². The Bertz CT molecular complexity index is 1010. The first-order chi connectivity index (χ1) is 15.6. The number of hydrogen-bond acceptors (Lipinski definition) is 7. The van der Waals surface area contributed by atoms with E-state index in [0.717, 1.165) is 30.3 Å². The number of amides is 1. The molecule has 1 aromatic carbocycles. The van der Waals surface area contributed by atoms with Gasteiger partial charge in [-0.2, -0.15) is 0 Å². The highest BCUT2D eigenvalue weighted by atomic mass is 32.2. The molecule has 4 rings (SSSR count). The van der Waals surface area contributed by atoms with Gasteiger partial charge in [0.05, 0.1) is 24.2 Å². The van der Waals surface area contributed by atoms with Crippen molar-refractivity contribution in [2.45, 2.75) is 30.8 Å². The largest absolute Gasteiger partial charge is 0.378 e. The minimum absolute atomic E-state index is 0.0237. The third-order valence-corrected chi connectivity index (χ3v) is 6.70. The van der Waals surface area contributed by atoms with Gasteiger partial charge in [0, 0.05) is 32.0 Å². The van der Waals surface area contributed by atoms with Crippen molar-refractivity contribution >= 4 is 23.6 Å². The van der Waals surface area contributed by atoms with Gasteiger partial charge in [-0.25, -0.2) is 0 Å². The number of pyridine rings is 1. The Balaban J connectivity index is 1.58. The number of hydrogen-bond donors (Lipinski definition) is 1. The maximum atomic E-state index is 13.1. The molecular formula is C23H28N6O2S. The van der Waals surface area contributed by atoms with Crippen LogP contribution in [0.5, 0.6) is 0 Å². The fourth-order valence-corrected chi connectivity index (χ4v) is 4.58. The monoisotopic (exact) mass is 452 g/mol. The van der Waals surface area contributed by atoms with Gasteiger partial charge in [-0.3, -0.25) is 14.3 Å². The van der Waals surface area contributed by atoms with Gasteiger partial charge in [0.2, 0.25) is 11.9 Å². The summed E-state index contributed by atoms with van der Waals surface area (Å²) < 4.78 is 7.54. The van der Waals surface area contributed by atoms with Crippen molar-refractivity contribution in [3.8, 4) is 5.69 Å². The normalized spacial score (nSPS) is 15.0. The summed E-state index contributed by atoms with van der Waals surface area (Å²) in [6, 6.07) is 13.9. The Morgan fingerprint density at radius 1 is 1.12 bits per heavy atom. The number of para-hydroxylation sites is 1. The molecule has 1 N–H and O–H groups in total. The van der Waals surface area contributed by atoms with Crippen LogP contribution in [0.2, 0.25) is 0 Å². The lowest BCUT2D eigenvalue weighted by atomic mass is 10.1. The number of anilines is 1. The summed E-state index contributed by atoms with van der Waals surface area (Å²) >= 11 is 1.45. The van der Waals surface area contributed by atoms with Gasteiger partial charge in [-0.05, 0) is 29.7 Å². The Morgan fingerprint density at radius 3 is 2.59 bits per heavy atom. The summed E-state index contributed by atoms with van der Waals surface area (Å²) in [5, 5.41) is 12.4. The van der Waals surface area contributed by atoms with Gasteiger partial charge >= 0.3 is 0 Å². The molecular weight excluding hydrogens is 424 g/mol. The van der Waals surface area contributed by atoms with E-state index in [1.54, 1.807) is 12.4 Å². The fourth-order valence-electron chi connectivity index (χ4n) is 3.51. The van der Waals surface area contributed by atoms with Gasteiger partial charge in [-0.15, -0.1) is 10.2 Å². The van der Waals surface area contributed by atoms with Crippen LogP contribution in [-0.2, 0) is 16.1 Å². The molecule has 0 radical (unpaired) electrons. The average molecular weight is 453 g/mol. The molecule has 0 saturated carbocycles. The molecule has 9 heteroatoms. The minimum Gasteiger partial charge on any atom is -0.378 e. The van der Waals surface area contributed by atoms with Crippen molar-refractivity contribution in [1.82, 2.24) is 25.1 Å². The topological polar surface area (TPSA) is 85.2 Å². The van der Waals surface area contributed by atoms with Crippen LogP contribution in [0.1, 0.15) is 19.4 Å². The molecule has 1 saturated heterocycles. The van der Waals surface area contributed by atoms with Crippen LogP contribution in [0.4, 0.5) is 5.95 Å². The second-order valence-corrected chi connectivity index (χ2v) is 9.02. The molecule has 32 heavy (non-hydrogen) atoms. The lowest BCUT2D eigenvalue weighted by molar-refractivity contribution is -0.121. The van der Waals surface area contributed by atoms with E-state index in [2.05, 4.69) is 25.4 Å². The number of nitrogens with one attached hydrogen (secondary N) is 1. The minimum atomic E-state index is -0.309. The quantitative estimate of drug-likeness (QED) is 0.526. The average Bonchev–Trinajstić information content (AvgIpc) is 3.26. The maximum Gasteiger partial charge on any atom is 0.234 e. The van der Waals surface area contributed by atoms with Gasteiger partial charge in [0.25, 0.3) is 0 Å². The number of nitrogens with zero attached hydrogens (tertiary/aromatic N) is 5. The first kappa shape index (κ1) is 22.3. The highest BCUT2D eigenvalue weighted by Gasteiger charge is 2.28. The zero-order valence-corrected chi connectivity index (χ0v) is 19.2. The molecule has 2 aromatic heterocycles. The Hall–Kier alpha value is -2.91. The molecule has 1 aliphatic heterocycles. The first-order valence-electron chi connectivity index (χ1n) is 10.8. The summed E-state index contributed by atoms with van der Waals surface area (Å²) in [5.41, 5.74) is 1.94. The van der Waals surface area contributed by atoms with Crippen LogP contribution in [0, 0.1) is 5.92 Å². The van der Waals surface area contributed by atoms with Crippen molar-refractivity contribution in [2.75, 3.05) is 31.2 Å². The lowest BCUT2D eigenvalue weighted by Gasteiger charge is -2.28. The molecule has 3 heterocycles. The summed E-state index contributed by atoms with van der Waals surface area (Å²) in [7, 11) is 0. The molecule has 1 aliphatic rings. The molecule has 8 nitrogen and oxygen atoms in total. The molecule has 1 unspecified atom stereocenters. The van der Waals surface area contributed by atoms with Crippen molar-refractivity contribution < 1.29 is 9.53 Å². The first-order valence-corrected chi connectivity index (χ1v) is 11.7. The van der Waals surface area contributed by atoms with Gasteiger partial charge in [0.15, 0.2) is 5.16 Å². The van der Waals surface area contributed by atoms with Gasteiger partial charge in [0.1, 0.15) is 0 Å². The summed E-state index contributed by atoms with van der Waals surface area (Å²) in [4.78, 5) is 19.4. The van der Waals surface area contributed by atoms with Crippen LogP contribution in [-0.4, -0.2) is 57.2 Å². The van der Waals surface area contributed by atoms with Gasteiger partial charge < -0.3 is 15.0 Å². The predicted molar refractivity (Wildman–Crippen MR) is 125 cm³/mol. The molecule has 0 bridgehead atoms. The van der Waals surface area contributed by atoms with Crippen LogP contribution >= 0.6 is 11.8 Å². The Morgan fingerprint density at radius 2 is 1.91 bits per heavy atom. The number of benzene rings is 1. The van der Waals surface area contributed by atoms with Crippen molar-refractivity contribution in [2.24, 2.45) is 5.92 Å². The lowest BCUT2D eigenvalue weighted by Crippen LogP contribution is -2.38. The van der Waals surface area contributed by atoms with Crippen molar-refractivity contribution in [1.29, 1.82) is 0 Å². The Labute approximate surface area is 192 Å². The van der Waals surface area contributed by atoms with Crippen LogP contribution < -0.4 is 10.2 Å². The molecule has 1 atom stereocenters. The van der Waals surface area contributed by atoms with Crippen LogP contribution in [0.3, 0.4) is 0 Å². The highest BCUT2D eigenvalue weighted by molar-refractivity contribution is 8.00. The number of aromatic nitrogens is 4. The maximum absolute atomic E-state index is 13.1. The van der Waals surface area contributed by atoms with Crippen molar-refractivity contribution in [3.63, 3.8) is 0 Å². The van der Waals surface area contributed by atoms with Crippen molar-refractivity contribution in [3.05, 3.63) is 60.4 Å². The molecule has 168 valence electrons. The number of ether oxygens (including phenoxy) is 1. The summed E-state index contributed by atoms with van der Waals surface area (Å²) in [6.07, 6.45) is 3.49. The summed E-state index contributed by atoms with van der Waals surface area (Å²) in [5.74, 6) is 0.867. The second kappa shape index (κ2) is 10.6. The summed E-state index contributed by atoms with van der Waals surface area (Å²) in [6.45, 7) is 7.39. The van der Waals surface area contributed by atoms with Crippen LogP contribution in [0.15, 0.2) is 60.0 Å². The van der Waals surface area contributed by atoms with E-state index in [1.807, 2.05) is 60.9 Å². The number of carbonyl (C=O) groups excluding carboxylic acids is 1. The van der Waals surface area contributed by atoms with E-state index in [-0.39, 0.29) is 17.1 Å². The molecule has 3 aromatic rings. The zero-order chi connectivity index (χ0) is 22.3. The van der Waals surface area contributed by atoms with Crippen LogP contribution in [0.25, 0.3) is 5.69 Å². The molecule has 0 spiro atoms. The van der Waals surface area contributed by atoms with E-state index in [1.165, 1.54) is 11.8 Å². The third-order valence-electron chi connectivity index (χ3n) is 5.21. The zero-order valence-electron chi connectivity index (χ0n) is 18.3. The second-order valence-electron chi connectivity index (χ2n) is 7.91. The molecule has 0 aliphatic carbocycles. The Kier molecular flexibility index (Phi) is 7.39. The molecule has 1 amide bonds. The number of thioether (sulfide) groups is 1. The molecule has 1 fully saturated rings. The van der Waals surface area contributed by atoms with Gasteiger partial charge in [-0.1, -0.05) is 49.9 Å². The number of rotatable bonds is 8. The predicted octanol–water partition coefficient (Wildman–Crippen LogP) is 2.93. The third kappa shape index (κ3) is 5.28. The highest BCUT2D eigenvalue weighted by Crippen LogP contribution is 2.32. The SMILES string of the molecule is CC(C)C(Sc1nnc(N2CCOCC2)n1-c1ccccc1)C(=O)NCc1cccnc1.